The number of carbonyl (C=O) groups excluding carboxylic acids is 1. The molecule has 1 heterocycles. The van der Waals surface area contributed by atoms with Crippen molar-refractivity contribution in [1.82, 2.24) is 10.3 Å². The minimum atomic E-state index is -0.169. The zero-order valence-corrected chi connectivity index (χ0v) is 15.9. The number of rotatable bonds is 6. The SMILES string of the molecule is CC(NC(=O)c1ccccc1OCc1ccccc1Br)c1ccncc1. The minimum absolute atomic E-state index is 0.123. The zero-order valence-electron chi connectivity index (χ0n) is 14.4. The first-order chi connectivity index (χ1) is 12.6. The van der Waals surface area contributed by atoms with Gasteiger partial charge in [0, 0.05) is 22.4 Å². The van der Waals surface area contributed by atoms with Crippen LogP contribution in [0.3, 0.4) is 0 Å². The molecule has 1 unspecified atom stereocenters. The number of amides is 1. The van der Waals surface area contributed by atoms with E-state index >= 15 is 0 Å². The van der Waals surface area contributed by atoms with E-state index < -0.39 is 0 Å². The summed E-state index contributed by atoms with van der Waals surface area (Å²) in [6.07, 6.45) is 3.43. The Balaban J connectivity index is 1.72. The van der Waals surface area contributed by atoms with Crippen LogP contribution in [0, 0.1) is 0 Å². The molecule has 1 N–H and O–H groups in total. The average Bonchev–Trinajstić information content (AvgIpc) is 2.68. The Morgan fingerprint density at radius 3 is 2.54 bits per heavy atom. The maximum atomic E-state index is 12.7. The Hall–Kier alpha value is -2.66. The molecule has 1 amide bonds. The molecule has 0 fully saturated rings. The van der Waals surface area contributed by atoms with Gasteiger partial charge in [0.15, 0.2) is 0 Å². The molecule has 132 valence electrons. The molecule has 4 nitrogen and oxygen atoms in total. The van der Waals surface area contributed by atoms with E-state index in [1.54, 1.807) is 18.5 Å². The van der Waals surface area contributed by atoms with Crippen LogP contribution in [0.4, 0.5) is 0 Å². The van der Waals surface area contributed by atoms with E-state index in [2.05, 4.69) is 26.2 Å². The number of para-hydroxylation sites is 1. The number of ether oxygens (including phenoxy) is 1. The first kappa shape index (κ1) is 18.1. The summed E-state index contributed by atoms with van der Waals surface area (Å²) in [4.78, 5) is 16.7. The van der Waals surface area contributed by atoms with Crippen LogP contribution in [-0.2, 0) is 6.61 Å². The highest BCUT2D eigenvalue weighted by molar-refractivity contribution is 9.10. The molecule has 5 heteroatoms. The first-order valence-corrected chi connectivity index (χ1v) is 9.10. The van der Waals surface area contributed by atoms with Crippen molar-refractivity contribution in [3.63, 3.8) is 0 Å². The number of carbonyl (C=O) groups is 1. The molecule has 1 atom stereocenters. The fourth-order valence-electron chi connectivity index (χ4n) is 2.56. The number of hydrogen-bond donors (Lipinski definition) is 1. The lowest BCUT2D eigenvalue weighted by Crippen LogP contribution is -2.27. The van der Waals surface area contributed by atoms with Gasteiger partial charge in [-0.1, -0.05) is 46.3 Å². The van der Waals surface area contributed by atoms with Crippen molar-refractivity contribution < 1.29 is 9.53 Å². The Morgan fingerprint density at radius 1 is 1.08 bits per heavy atom. The molecule has 26 heavy (non-hydrogen) atoms. The fourth-order valence-corrected chi connectivity index (χ4v) is 2.96. The molecular formula is C21H19BrN2O2. The van der Waals surface area contributed by atoms with Crippen molar-refractivity contribution in [3.8, 4) is 5.75 Å². The van der Waals surface area contributed by atoms with Crippen LogP contribution in [0.1, 0.15) is 34.5 Å². The molecule has 1 aromatic heterocycles. The zero-order chi connectivity index (χ0) is 18.4. The van der Waals surface area contributed by atoms with E-state index in [1.807, 2.05) is 61.5 Å². The highest BCUT2D eigenvalue weighted by atomic mass is 79.9. The summed E-state index contributed by atoms with van der Waals surface area (Å²) in [5.74, 6) is 0.389. The maximum absolute atomic E-state index is 12.7. The third-order valence-electron chi connectivity index (χ3n) is 4.03. The lowest BCUT2D eigenvalue weighted by atomic mass is 10.1. The highest BCUT2D eigenvalue weighted by Gasteiger charge is 2.15. The molecule has 3 rings (SSSR count). The summed E-state index contributed by atoms with van der Waals surface area (Å²) in [5.41, 5.74) is 2.54. The number of nitrogens with zero attached hydrogens (tertiary/aromatic N) is 1. The van der Waals surface area contributed by atoms with Crippen molar-refractivity contribution in [2.45, 2.75) is 19.6 Å². The van der Waals surface area contributed by atoms with Crippen LogP contribution in [0.2, 0.25) is 0 Å². The number of halogens is 1. The minimum Gasteiger partial charge on any atom is -0.488 e. The van der Waals surface area contributed by atoms with Gasteiger partial charge in [0.25, 0.3) is 5.91 Å². The molecule has 0 aliphatic heterocycles. The normalized spacial score (nSPS) is 11.6. The van der Waals surface area contributed by atoms with E-state index in [4.69, 9.17) is 4.74 Å². The molecule has 0 aliphatic carbocycles. The van der Waals surface area contributed by atoms with Gasteiger partial charge in [-0.25, -0.2) is 0 Å². The average molecular weight is 411 g/mol. The first-order valence-electron chi connectivity index (χ1n) is 8.31. The summed E-state index contributed by atoms with van der Waals surface area (Å²) in [7, 11) is 0. The van der Waals surface area contributed by atoms with Crippen LogP contribution >= 0.6 is 15.9 Å². The van der Waals surface area contributed by atoms with Gasteiger partial charge in [-0.3, -0.25) is 9.78 Å². The second kappa shape index (κ2) is 8.63. The van der Waals surface area contributed by atoms with Crippen LogP contribution in [-0.4, -0.2) is 10.9 Å². The second-order valence-electron chi connectivity index (χ2n) is 5.85. The van der Waals surface area contributed by atoms with Gasteiger partial charge in [0.1, 0.15) is 12.4 Å². The van der Waals surface area contributed by atoms with Crippen LogP contribution in [0.5, 0.6) is 5.75 Å². The highest BCUT2D eigenvalue weighted by Crippen LogP contribution is 2.23. The number of hydrogen-bond acceptors (Lipinski definition) is 3. The summed E-state index contributed by atoms with van der Waals surface area (Å²) in [5, 5.41) is 3.01. The monoisotopic (exact) mass is 410 g/mol. The van der Waals surface area contributed by atoms with E-state index in [-0.39, 0.29) is 11.9 Å². The molecule has 0 radical (unpaired) electrons. The largest absolute Gasteiger partial charge is 0.488 e. The second-order valence-corrected chi connectivity index (χ2v) is 6.71. The topological polar surface area (TPSA) is 51.2 Å². The third-order valence-corrected chi connectivity index (χ3v) is 4.80. The van der Waals surface area contributed by atoms with Gasteiger partial charge in [0.05, 0.1) is 11.6 Å². The van der Waals surface area contributed by atoms with Crippen LogP contribution < -0.4 is 10.1 Å². The molecule has 0 aliphatic rings. The number of nitrogens with one attached hydrogen (secondary N) is 1. The van der Waals surface area contributed by atoms with Crippen molar-refractivity contribution in [1.29, 1.82) is 0 Å². The Morgan fingerprint density at radius 2 is 1.77 bits per heavy atom. The van der Waals surface area contributed by atoms with Crippen molar-refractivity contribution in [2.75, 3.05) is 0 Å². The van der Waals surface area contributed by atoms with Gasteiger partial charge in [0.2, 0.25) is 0 Å². The van der Waals surface area contributed by atoms with Crippen LogP contribution in [0.15, 0.2) is 77.5 Å². The molecular weight excluding hydrogens is 392 g/mol. The lowest BCUT2D eigenvalue weighted by molar-refractivity contribution is 0.0935. The molecule has 2 aromatic carbocycles. The Labute approximate surface area is 161 Å². The summed E-state index contributed by atoms with van der Waals surface area (Å²) in [6.45, 7) is 2.32. The van der Waals surface area contributed by atoms with Gasteiger partial charge < -0.3 is 10.1 Å². The molecule has 0 bridgehead atoms. The quantitative estimate of drug-likeness (QED) is 0.627. The summed E-state index contributed by atoms with van der Waals surface area (Å²) in [6, 6.07) is 18.8. The predicted molar refractivity (Wildman–Crippen MR) is 105 cm³/mol. The van der Waals surface area contributed by atoms with Crippen molar-refractivity contribution in [2.24, 2.45) is 0 Å². The standard InChI is InChI=1S/C21H19BrN2O2/c1-15(16-10-12-23-13-11-16)24-21(25)18-7-3-5-9-20(18)26-14-17-6-2-4-8-19(17)22/h2-13,15H,14H2,1H3,(H,24,25). The van der Waals surface area contributed by atoms with E-state index in [9.17, 15) is 4.79 Å². The predicted octanol–water partition coefficient (Wildman–Crippen LogP) is 4.91. The van der Waals surface area contributed by atoms with Gasteiger partial charge in [-0.2, -0.15) is 0 Å². The molecule has 3 aromatic rings. The maximum Gasteiger partial charge on any atom is 0.255 e. The Bertz CT molecular complexity index is 884. The number of pyridine rings is 1. The van der Waals surface area contributed by atoms with E-state index in [0.29, 0.717) is 17.9 Å². The molecule has 0 saturated heterocycles. The number of aromatic nitrogens is 1. The Kier molecular flexibility index (Phi) is 6.02. The van der Waals surface area contributed by atoms with Gasteiger partial charge in [-0.05, 0) is 42.8 Å². The van der Waals surface area contributed by atoms with Crippen molar-refractivity contribution >= 4 is 21.8 Å². The third kappa shape index (κ3) is 4.49. The molecule has 0 saturated carbocycles. The smallest absolute Gasteiger partial charge is 0.255 e. The lowest BCUT2D eigenvalue weighted by Gasteiger charge is -2.16. The van der Waals surface area contributed by atoms with Crippen molar-refractivity contribution in [3.05, 3.63) is 94.2 Å². The van der Waals surface area contributed by atoms with Gasteiger partial charge >= 0.3 is 0 Å². The van der Waals surface area contributed by atoms with Crippen LogP contribution in [0.25, 0.3) is 0 Å². The van der Waals surface area contributed by atoms with E-state index in [1.165, 1.54) is 0 Å². The van der Waals surface area contributed by atoms with Gasteiger partial charge in [-0.15, -0.1) is 0 Å². The number of benzene rings is 2. The molecule has 0 spiro atoms. The summed E-state index contributed by atoms with van der Waals surface area (Å²) >= 11 is 3.51. The van der Waals surface area contributed by atoms with E-state index in [0.717, 1.165) is 15.6 Å². The summed E-state index contributed by atoms with van der Waals surface area (Å²) < 4.78 is 6.89. The fraction of sp³-hybridized carbons (Fsp3) is 0.143.